The Morgan fingerprint density at radius 2 is 1.96 bits per heavy atom. The third-order valence-corrected chi connectivity index (χ3v) is 5.10. The number of pyridine rings is 1. The van der Waals surface area contributed by atoms with Gasteiger partial charge in [-0.05, 0) is 31.4 Å². The van der Waals surface area contributed by atoms with Crippen molar-refractivity contribution in [2.75, 3.05) is 20.3 Å². The second-order valence-corrected chi connectivity index (χ2v) is 6.89. The third kappa shape index (κ3) is 3.95. The second kappa shape index (κ2) is 8.00. The first kappa shape index (κ1) is 20.5. The van der Waals surface area contributed by atoms with Crippen LogP contribution >= 0.6 is 0 Å². The normalized spacial score (nSPS) is 22.1. The first-order valence-corrected chi connectivity index (χ1v) is 8.89. The number of ketones is 2. The van der Waals surface area contributed by atoms with E-state index in [0.29, 0.717) is 25.3 Å². The molecule has 0 spiro atoms. The fraction of sp³-hybridized carbons (Fsp3) is 0.526. The predicted molar refractivity (Wildman–Crippen MR) is 90.6 cm³/mol. The van der Waals surface area contributed by atoms with Gasteiger partial charge in [-0.15, -0.1) is 0 Å². The number of methoxy groups -OCH3 is 1. The number of aromatic nitrogens is 1. The third-order valence-electron chi connectivity index (χ3n) is 5.10. The number of rotatable bonds is 7. The SMILES string of the molecule is COCCOCc1nc(C(F)(F)F)ccc1C(=O)C1=C(O)[C@H]2CC[C@H](C2)C1=O. The summed E-state index contributed by atoms with van der Waals surface area (Å²) in [6.07, 6.45) is -3.00. The van der Waals surface area contributed by atoms with Crippen LogP contribution < -0.4 is 0 Å². The molecule has 0 saturated heterocycles. The lowest BCUT2D eigenvalue weighted by Gasteiger charge is -2.21. The molecule has 2 aliphatic carbocycles. The summed E-state index contributed by atoms with van der Waals surface area (Å²) in [4.78, 5) is 29.1. The van der Waals surface area contributed by atoms with E-state index in [9.17, 15) is 27.9 Å². The number of aliphatic hydroxyl groups excluding tert-OH is 1. The number of hydrogen-bond donors (Lipinski definition) is 1. The maximum atomic E-state index is 13.0. The van der Waals surface area contributed by atoms with Crippen LogP contribution in [0, 0.1) is 11.8 Å². The molecule has 3 rings (SSSR count). The van der Waals surface area contributed by atoms with Crippen molar-refractivity contribution in [2.45, 2.75) is 32.0 Å². The van der Waals surface area contributed by atoms with E-state index >= 15 is 0 Å². The Morgan fingerprint density at radius 3 is 2.64 bits per heavy atom. The Labute approximate surface area is 159 Å². The maximum absolute atomic E-state index is 13.0. The van der Waals surface area contributed by atoms with Gasteiger partial charge < -0.3 is 14.6 Å². The van der Waals surface area contributed by atoms with Gasteiger partial charge in [0.2, 0.25) is 5.78 Å². The molecule has 1 N–H and O–H groups in total. The largest absolute Gasteiger partial charge is 0.511 e. The van der Waals surface area contributed by atoms with E-state index in [1.54, 1.807) is 0 Å². The highest BCUT2D eigenvalue weighted by Gasteiger charge is 2.44. The zero-order chi connectivity index (χ0) is 20.5. The number of Topliss-reactive ketones (excluding diaryl/α,β-unsaturated/α-hetero) is 2. The van der Waals surface area contributed by atoms with Crippen LogP contribution in [0.4, 0.5) is 13.2 Å². The number of nitrogens with zero attached hydrogens (tertiary/aromatic N) is 1. The van der Waals surface area contributed by atoms with Gasteiger partial charge in [-0.1, -0.05) is 0 Å². The van der Waals surface area contributed by atoms with Crippen molar-refractivity contribution in [1.82, 2.24) is 4.98 Å². The Balaban J connectivity index is 1.96. The van der Waals surface area contributed by atoms with Gasteiger partial charge in [-0.2, -0.15) is 13.2 Å². The Bertz CT molecular complexity index is 818. The van der Waals surface area contributed by atoms with Gasteiger partial charge in [0.25, 0.3) is 0 Å². The number of fused-ring (bicyclic) bond motifs is 2. The van der Waals surface area contributed by atoms with Crippen molar-refractivity contribution >= 4 is 11.6 Å². The number of ether oxygens (including phenoxy) is 2. The lowest BCUT2D eigenvalue weighted by atomic mass is 9.83. The molecule has 0 unspecified atom stereocenters. The van der Waals surface area contributed by atoms with Gasteiger partial charge >= 0.3 is 6.18 Å². The molecule has 28 heavy (non-hydrogen) atoms. The van der Waals surface area contributed by atoms with Crippen molar-refractivity contribution in [3.05, 3.63) is 40.4 Å². The molecule has 2 aliphatic rings. The number of allylic oxidation sites excluding steroid dienone is 2. The summed E-state index contributed by atoms with van der Waals surface area (Å²) in [5.41, 5.74) is -1.91. The first-order valence-electron chi connectivity index (χ1n) is 8.89. The Kier molecular flexibility index (Phi) is 5.85. The summed E-state index contributed by atoms with van der Waals surface area (Å²) in [7, 11) is 1.44. The zero-order valence-corrected chi connectivity index (χ0v) is 15.2. The summed E-state index contributed by atoms with van der Waals surface area (Å²) < 4.78 is 49.1. The van der Waals surface area contributed by atoms with Crippen molar-refractivity contribution in [2.24, 2.45) is 11.8 Å². The number of aliphatic hydroxyl groups is 1. The van der Waals surface area contributed by atoms with Crippen molar-refractivity contribution in [3.8, 4) is 0 Å². The van der Waals surface area contributed by atoms with E-state index in [1.807, 2.05) is 0 Å². The lowest BCUT2D eigenvalue weighted by Crippen LogP contribution is -2.28. The first-order chi connectivity index (χ1) is 13.2. The van der Waals surface area contributed by atoms with Crippen LogP contribution in [0.15, 0.2) is 23.5 Å². The fourth-order valence-corrected chi connectivity index (χ4v) is 3.65. The van der Waals surface area contributed by atoms with E-state index in [4.69, 9.17) is 9.47 Å². The molecule has 152 valence electrons. The molecule has 2 bridgehead atoms. The van der Waals surface area contributed by atoms with Gasteiger partial charge in [0, 0.05) is 24.5 Å². The standard InChI is InChI=1S/C19H20F3NO5/c1-27-6-7-28-9-13-12(4-5-14(23-13)19(20,21)22)18(26)15-16(24)10-2-3-11(8-10)17(15)25/h4-5,10-11,24H,2-3,6-9H2,1H3/t10-,11+/m0/s1. The van der Waals surface area contributed by atoms with Crippen molar-refractivity contribution < 1.29 is 37.3 Å². The quantitative estimate of drug-likeness (QED) is 0.430. The minimum absolute atomic E-state index is 0.0963. The molecule has 2 atom stereocenters. The van der Waals surface area contributed by atoms with Crippen LogP contribution in [-0.4, -0.2) is 42.0 Å². The van der Waals surface area contributed by atoms with Gasteiger partial charge in [-0.3, -0.25) is 9.59 Å². The summed E-state index contributed by atoms with van der Waals surface area (Å²) in [6.45, 7) is -0.0431. The Hall–Kier alpha value is -2.26. The van der Waals surface area contributed by atoms with Crippen LogP contribution in [0.3, 0.4) is 0 Å². The molecule has 0 aromatic carbocycles. The summed E-state index contributed by atoms with van der Waals surface area (Å²) in [5.74, 6) is -2.13. The summed E-state index contributed by atoms with van der Waals surface area (Å²) >= 11 is 0. The molecular formula is C19H20F3NO5. The molecule has 0 radical (unpaired) electrons. The molecule has 6 nitrogen and oxygen atoms in total. The highest BCUT2D eigenvalue weighted by molar-refractivity contribution is 6.28. The second-order valence-electron chi connectivity index (χ2n) is 6.89. The van der Waals surface area contributed by atoms with Crippen molar-refractivity contribution in [3.63, 3.8) is 0 Å². The highest BCUT2D eigenvalue weighted by Crippen LogP contribution is 2.43. The number of carbonyl (C=O) groups excluding carboxylic acids is 2. The van der Waals surface area contributed by atoms with Crippen LogP contribution in [0.25, 0.3) is 0 Å². The summed E-state index contributed by atoms with van der Waals surface area (Å²) in [6, 6.07) is 1.67. The molecule has 1 fully saturated rings. The van der Waals surface area contributed by atoms with E-state index in [0.717, 1.165) is 6.07 Å². The number of carbonyl (C=O) groups is 2. The molecule has 1 aromatic rings. The average Bonchev–Trinajstić information content (AvgIpc) is 3.10. The maximum Gasteiger partial charge on any atom is 0.433 e. The molecule has 9 heteroatoms. The van der Waals surface area contributed by atoms with Crippen molar-refractivity contribution in [1.29, 1.82) is 0 Å². The van der Waals surface area contributed by atoms with Crippen LogP contribution in [0.5, 0.6) is 0 Å². The molecule has 1 saturated carbocycles. The Morgan fingerprint density at radius 1 is 1.25 bits per heavy atom. The minimum Gasteiger partial charge on any atom is -0.511 e. The van der Waals surface area contributed by atoms with Gasteiger partial charge in [0.05, 0.1) is 25.5 Å². The van der Waals surface area contributed by atoms with E-state index in [1.165, 1.54) is 7.11 Å². The van der Waals surface area contributed by atoms with Gasteiger partial charge in [0.15, 0.2) is 5.78 Å². The van der Waals surface area contributed by atoms with E-state index in [-0.39, 0.29) is 54.2 Å². The average molecular weight is 399 g/mol. The van der Waals surface area contributed by atoms with Gasteiger partial charge in [0.1, 0.15) is 17.0 Å². The van der Waals surface area contributed by atoms with Crippen LogP contribution in [0.2, 0.25) is 0 Å². The smallest absolute Gasteiger partial charge is 0.433 e. The van der Waals surface area contributed by atoms with Crippen LogP contribution in [0.1, 0.15) is 41.0 Å². The van der Waals surface area contributed by atoms with E-state index in [2.05, 4.69) is 4.98 Å². The lowest BCUT2D eigenvalue weighted by molar-refractivity contribution is -0.141. The number of halogens is 3. The monoisotopic (exact) mass is 399 g/mol. The number of hydrogen-bond acceptors (Lipinski definition) is 6. The molecule has 0 amide bonds. The van der Waals surface area contributed by atoms with Gasteiger partial charge in [-0.25, -0.2) is 4.98 Å². The van der Waals surface area contributed by atoms with Crippen LogP contribution in [-0.2, 0) is 27.1 Å². The molecular weight excluding hydrogens is 379 g/mol. The zero-order valence-electron chi connectivity index (χ0n) is 15.2. The minimum atomic E-state index is -4.69. The number of alkyl halides is 3. The summed E-state index contributed by atoms with van der Waals surface area (Å²) in [5, 5.41) is 10.4. The molecule has 0 aliphatic heterocycles. The van der Waals surface area contributed by atoms with E-state index < -0.39 is 23.4 Å². The highest BCUT2D eigenvalue weighted by atomic mass is 19.4. The fourth-order valence-electron chi connectivity index (χ4n) is 3.65. The topological polar surface area (TPSA) is 85.7 Å². The molecule has 1 heterocycles. The predicted octanol–water partition coefficient (Wildman–Crippen LogP) is 3.26. The molecule has 1 aromatic heterocycles.